The fraction of sp³-hybridized carbons (Fsp3) is 0.737. The van der Waals surface area contributed by atoms with E-state index in [1.165, 1.54) is 10.5 Å². The minimum Gasteiger partial charge on any atom is -0.354 e. The molecule has 1 aromatic heterocycles. The first kappa shape index (κ1) is 21.9. The number of pyridine rings is 1. The van der Waals surface area contributed by atoms with E-state index in [4.69, 9.17) is 0 Å². The van der Waals surface area contributed by atoms with E-state index in [-0.39, 0.29) is 4.90 Å². The van der Waals surface area contributed by atoms with Crippen molar-refractivity contribution in [3.8, 4) is 0 Å². The molecule has 0 radical (unpaired) electrons. The third-order valence-corrected chi connectivity index (χ3v) is 10.1. The molecule has 11 heteroatoms. The van der Waals surface area contributed by atoms with Crippen LogP contribution in [0.3, 0.4) is 0 Å². The summed E-state index contributed by atoms with van der Waals surface area (Å²) in [5.74, 6) is 0.683. The van der Waals surface area contributed by atoms with Gasteiger partial charge in [0.05, 0.1) is 0 Å². The first-order valence-electron chi connectivity index (χ1n) is 10.9. The molecule has 4 heterocycles. The largest absolute Gasteiger partial charge is 0.354 e. The Morgan fingerprint density at radius 2 is 1.17 bits per heavy atom. The van der Waals surface area contributed by atoms with Crippen LogP contribution in [-0.4, -0.2) is 87.1 Å². The van der Waals surface area contributed by atoms with Gasteiger partial charge in [0.2, 0.25) is 10.0 Å². The highest BCUT2D eigenvalue weighted by Crippen LogP contribution is 2.23. The van der Waals surface area contributed by atoms with Gasteiger partial charge < -0.3 is 4.90 Å². The molecule has 30 heavy (non-hydrogen) atoms. The van der Waals surface area contributed by atoms with Gasteiger partial charge in [-0.15, -0.1) is 0 Å². The molecule has 3 saturated heterocycles. The standard InChI is InChI=1S/C19H31N5O4S2/c25-29(26,22-9-5-6-10-22)18-7-8-19(20-17-18)21-13-15-24(16-14-21)30(27,28)23-11-3-1-2-4-12-23/h7-8,17H,1-6,9-16H2. The summed E-state index contributed by atoms with van der Waals surface area (Å²) in [5, 5.41) is 0. The van der Waals surface area contributed by atoms with E-state index in [0.717, 1.165) is 38.5 Å². The molecule has 168 valence electrons. The molecule has 3 fully saturated rings. The van der Waals surface area contributed by atoms with Gasteiger partial charge in [0.25, 0.3) is 10.2 Å². The first-order valence-corrected chi connectivity index (χ1v) is 13.7. The van der Waals surface area contributed by atoms with Gasteiger partial charge in [0.15, 0.2) is 0 Å². The van der Waals surface area contributed by atoms with E-state index in [2.05, 4.69) is 4.98 Å². The van der Waals surface area contributed by atoms with E-state index < -0.39 is 20.2 Å². The van der Waals surface area contributed by atoms with Crippen molar-refractivity contribution in [2.45, 2.75) is 43.4 Å². The predicted octanol–water partition coefficient (Wildman–Crippen LogP) is 1.11. The van der Waals surface area contributed by atoms with Crippen LogP contribution in [-0.2, 0) is 20.2 Å². The highest BCUT2D eigenvalue weighted by Gasteiger charge is 2.33. The Morgan fingerprint density at radius 1 is 0.633 bits per heavy atom. The van der Waals surface area contributed by atoms with E-state index in [1.807, 2.05) is 4.90 Å². The maximum absolute atomic E-state index is 13.0. The van der Waals surface area contributed by atoms with Crippen LogP contribution in [0.2, 0.25) is 0 Å². The molecule has 3 aliphatic heterocycles. The van der Waals surface area contributed by atoms with E-state index in [0.29, 0.717) is 58.2 Å². The topological polar surface area (TPSA) is 94.1 Å². The molecule has 0 saturated carbocycles. The van der Waals surface area contributed by atoms with Gasteiger partial charge in [0, 0.05) is 58.6 Å². The Balaban J connectivity index is 1.38. The van der Waals surface area contributed by atoms with Gasteiger partial charge in [-0.3, -0.25) is 0 Å². The Morgan fingerprint density at radius 3 is 1.73 bits per heavy atom. The number of hydrogen-bond donors (Lipinski definition) is 0. The Hall–Kier alpha value is -1.27. The molecular formula is C19H31N5O4S2. The molecule has 0 unspecified atom stereocenters. The Labute approximate surface area is 179 Å². The molecular weight excluding hydrogens is 426 g/mol. The first-order chi connectivity index (χ1) is 14.4. The van der Waals surface area contributed by atoms with Crippen molar-refractivity contribution in [2.24, 2.45) is 0 Å². The van der Waals surface area contributed by atoms with Crippen molar-refractivity contribution in [1.29, 1.82) is 0 Å². The van der Waals surface area contributed by atoms with Crippen LogP contribution in [0.25, 0.3) is 0 Å². The summed E-state index contributed by atoms with van der Waals surface area (Å²) in [5.41, 5.74) is 0. The van der Waals surface area contributed by atoms with Crippen molar-refractivity contribution >= 4 is 26.1 Å². The molecule has 0 spiro atoms. The summed E-state index contributed by atoms with van der Waals surface area (Å²) in [7, 11) is -6.89. The summed E-state index contributed by atoms with van der Waals surface area (Å²) in [6.07, 6.45) is 7.25. The lowest BCUT2D eigenvalue weighted by Crippen LogP contribution is -2.53. The smallest absolute Gasteiger partial charge is 0.282 e. The molecule has 3 aliphatic rings. The molecule has 9 nitrogen and oxygen atoms in total. The average Bonchev–Trinajstić information content (AvgIpc) is 3.17. The number of sulfonamides is 1. The maximum Gasteiger partial charge on any atom is 0.282 e. The quantitative estimate of drug-likeness (QED) is 0.657. The van der Waals surface area contributed by atoms with Crippen LogP contribution in [0, 0.1) is 0 Å². The van der Waals surface area contributed by atoms with Crippen molar-refractivity contribution in [3.63, 3.8) is 0 Å². The van der Waals surface area contributed by atoms with Gasteiger partial charge >= 0.3 is 0 Å². The molecule has 1 aromatic rings. The summed E-state index contributed by atoms with van der Waals surface area (Å²) < 4.78 is 55.9. The highest BCUT2D eigenvalue weighted by molar-refractivity contribution is 7.89. The third kappa shape index (κ3) is 4.50. The van der Waals surface area contributed by atoms with Crippen molar-refractivity contribution < 1.29 is 16.8 Å². The van der Waals surface area contributed by atoms with Crippen LogP contribution in [0.5, 0.6) is 0 Å². The number of anilines is 1. The molecule has 0 bridgehead atoms. The zero-order chi connectivity index (χ0) is 21.2. The van der Waals surface area contributed by atoms with Crippen LogP contribution in [0.1, 0.15) is 38.5 Å². The van der Waals surface area contributed by atoms with E-state index >= 15 is 0 Å². The molecule has 0 N–H and O–H groups in total. The van der Waals surface area contributed by atoms with Crippen LogP contribution in [0.4, 0.5) is 5.82 Å². The summed E-state index contributed by atoms with van der Waals surface area (Å²) in [6, 6.07) is 3.33. The second-order valence-corrected chi connectivity index (χ2v) is 12.0. The Kier molecular flexibility index (Phi) is 6.64. The molecule has 0 aliphatic carbocycles. The zero-order valence-electron chi connectivity index (χ0n) is 17.3. The van der Waals surface area contributed by atoms with Crippen molar-refractivity contribution in [3.05, 3.63) is 18.3 Å². The molecule has 0 amide bonds. The lowest BCUT2D eigenvalue weighted by Gasteiger charge is -2.37. The average molecular weight is 458 g/mol. The molecule has 4 rings (SSSR count). The predicted molar refractivity (Wildman–Crippen MR) is 115 cm³/mol. The van der Waals surface area contributed by atoms with Gasteiger partial charge in [-0.1, -0.05) is 12.8 Å². The number of rotatable bonds is 5. The zero-order valence-corrected chi connectivity index (χ0v) is 19.0. The molecule has 0 aromatic carbocycles. The normalized spacial score (nSPS) is 23.5. The lowest BCUT2D eigenvalue weighted by molar-refractivity contribution is 0.327. The van der Waals surface area contributed by atoms with Gasteiger partial charge in [0.1, 0.15) is 10.7 Å². The third-order valence-electron chi connectivity index (χ3n) is 6.20. The van der Waals surface area contributed by atoms with Crippen molar-refractivity contribution in [1.82, 2.24) is 17.9 Å². The SMILES string of the molecule is O=S(=O)(c1ccc(N2CCN(S(=O)(=O)N3CCCCCC3)CC2)nc1)N1CCCC1. The minimum absolute atomic E-state index is 0.218. The fourth-order valence-corrected chi connectivity index (χ4v) is 7.51. The second kappa shape index (κ2) is 9.07. The van der Waals surface area contributed by atoms with E-state index in [1.54, 1.807) is 20.7 Å². The van der Waals surface area contributed by atoms with Crippen LogP contribution < -0.4 is 4.90 Å². The van der Waals surface area contributed by atoms with Gasteiger partial charge in [-0.2, -0.15) is 21.3 Å². The number of piperazine rings is 1. The maximum atomic E-state index is 13.0. The second-order valence-electron chi connectivity index (χ2n) is 8.17. The Bertz CT molecular complexity index is 914. The van der Waals surface area contributed by atoms with Crippen molar-refractivity contribution in [2.75, 3.05) is 57.3 Å². The summed E-state index contributed by atoms with van der Waals surface area (Å²) in [6.45, 7) is 4.25. The van der Waals surface area contributed by atoms with Gasteiger partial charge in [-0.25, -0.2) is 13.4 Å². The fourth-order valence-electron chi connectivity index (χ4n) is 4.37. The lowest BCUT2D eigenvalue weighted by atomic mass is 10.2. The number of aromatic nitrogens is 1. The number of hydrogen-bond acceptors (Lipinski definition) is 6. The number of nitrogens with zero attached hydrogens (tertiary/aromatic N) is 5. The van der Waals surface area contributed by atoms with Gasteiger partial charge in [-0.05, 0) is 37.8 Å². The summed E-state index contributed by atoms with van der Waals surface area (Å²) in [4.78, 5) is 6.60. The minimum atomic E-state index is -3.47. The summed E-state index contributed by atoms with van der Waals surface area (Å²) >= 11 is 0. The van der Waals surface area contributed by atoms with Crippen LogP contribution in [0.15, 0.2) is 23.2 Å². The monoisotopic (exact) mass is 457 g/mol. The van der Waals surface area contributed by atoms with Crippen LogP contribution >= 0.6 is 0 Å². The highest BCUT2D eigenvalue weighted by atomic mass is 32.2. The molecule has 0 atom stereocenters. The van der Waals surface area contributed by atoms with E-state index in [9.17, 15) is 16.8 Å².